The predicted octanol–water partition coefficient (Wildman–Crippen LogP) is 0.168. The van der Waals surface area contributed by atoms with Gasteiger partial charge in [-0.2, -0.15) is 0 Å². The van der Waals surface area contributed by atoms with E-state index in [1.807, 2.05) is 18.5 Å². The molecule has 15 heavy (non-hydrogen) atoms. The normalized spacial score (nSPS) is 24.7. The van der Waals surface area contributed by atoms with Crippen LogP contribution in [0.3, 0.4) is 0 Å². The van der Waals surface area contributed by atoms with Gasteiger partial charge in [-0.1, -0.05) is 0 Å². The smallest absolute Gasteiger partial charge is 0.323 e. The Balaban J connectivity index is 2.27. The second kappa shape index (κ2) is 3.66. The van der Waals surface area contributed by atoms with E-state index in [-0.39, 0.29) is 18.1 Å². The summed E-state index contributed by atoms with van der Waals surface area (Å²) in [5.41, 5.74) is 2.13. The number of esters is 1. The molecular weight excluding hydrogens is 194 g/mol. The minimum atomic E-state index is -0.271. The molecule has 0 aliphatic carbocycles. The summed E-state index contributed by atoms with van der Waals surface area (Å²) >= 11 is 0. The van der Waals surface area contributed by atoms with E-state index in [1.165, 1.54) is 7.11 Å². The van der Waals surface area contributed by atoms with Gasteiger partial charge in [0.2, 0.25) is 0 Å². The Labute approximate surface area is 88.4 Å². The number of ether oxygens (including phenoxy) is 1. The van der Waals surface area contributed by atoms with Crippen LogP contribution in [0.1, 0.15) is 24.4 Å². The molecule has 0 amide bonds. The first-order valence-electron chi connectivity index (χ1n) is 4.97. The minimum Gasteiger partial charge on any atom is -0.468 e. The standard InChI is InChI=1S/C10H15N3O2/c1-6-9-7(11-5-13(9)2)4-8(12-6)10(14)15-3/h5-6,8,12H,4H2,1-3H3/t6?,8-/m1/s1. The highest BCUT2D eigenvalue weighted by Crippen LogP contribution is 2.23. The van der Waals surface area contributed by atoms with Crippen LogP contribution in [-0.2, 0) is 23.0 Å². The number of methoxy groups -OCH3 is 1. The molecule has 0 fully saturated rings. The van der Waals surface area contributed by atoms with Gasteiger partial charge in [-0.25, -0.2) is 4.98 Å². The van der Waals surface area contributed by atoms with E-state index in [9.17, 15) is 4.79 Å². The van der Waals surface area contributed by atoms with Crippen LogP contribution in [0.25, 0.3) is 0 Å². The van der Waals surface area contributed by atoms with E-state index in [0.29, 0.717) is 6.42 Å². The summed E-state index contributed by atoms with van der Waals surface area (Å²) < 4.78 is 6.71. The van der Waals surface area contributed by atoms with Crippen molar-refractivity contribution in [2.75, 3.05) is 7.11 Å². The van der Waals surface area contributed by atoms with E-state index in [4.69, 9.17) is 4.74 Å². The number of carbonyl (C=O) groups excluding carboxylic acids is 1. The van der Waals surface area contributed by atoms with Crippen molar-refractivity contribution in [3.63, 3.8) is 0 Å². The van der Waals surface area contributed by atoms with Crippen molar-refractivity contribution >= 4 is 5.97 Å². The molecule has 0 saturated carbocycles. The van der Waals surface area contributed by atoms with E-state index in [1.54, 1.807) is 6.33 Å². The molecule has 0 saturated heterocycles. The van der Waals surface area contributed by atoms with Crippen LogP contribution in [-0.4, -0.2) is 28.7 Å². The highest BCUT2D eigenvalue weighted by Gasteiger charge is 2.31. The highest BCUT2D eigenvalue weighted by molar-refractivity contribution is 5.76. The summed E-state index contributed by atoms with van der Waals surface area (Å²) in [5.74, 6) is -0.224. The lowest BCUT2D eigenvalue weighted by molar-refractivity contribution is -0.143. The van der Waals surface area contributed by atoms with Crippen molar-refractivity contribution in [3.8, 4) is 0 Å². The molecule has 2 rings (SSSR count). The van der Waals surface area contributed by atoms with E-state index in [2.05, 4.69) is 10.3 Å². The van der Waals surface area contributed by atoms with E-state index in [0.717, 1.165) is 11.4 Å². The Morgan fingerprint density at radius 3 is 3.13 bits per heavy atom. The van der Waals surface area contributed by atoms with Gasteiger partial charge in [-0.3, -0.25) is 10.1 Å². The summed E-state index contributed by atoms with van der Waals surface area (Å²) in [5, 5.41) is 3.21. The molecule has 5 heteroatoms. The van der Waals surface area contributed by atoms with Crippen LogP contribution >= 0.6 is 0 Å². The maximum Gasteiger partial charge on any atom is 0.323 e. The molecule has 1 aliphatic rings. The van der Waals surface area contributed by atoms with Gasteiger partial charge in [-0.15, -0.1) is 0 Å². The molecule has 0 aromatic carbocycles. The summed E-state index contributed by atoms with van der Waals surface area (Å²) in [6.45, 7) is 2.02. The number of rotatable bonds is 1. The van der Waals surface area contributed by atoms with E-state index >= 15 is 0 Å². The van der Waals surface area contributed by atoms with Crippen LogP contribution in [0.4, 0.5) is 0 Å². The summed E-state index contributed by atoms with van der Waals surface area (Å²) in [7, 11) is 3.37. The molecule has 1 aromatic heterocycles. The zero-order valence-corrected chi connectivity index (χ0v) is 9.15. The van der Waals surface area contributed by atoms with Gasteiger partial charge in [0.15, 0.2) is 0 Å². The van der Waals surface area contributed by atoms with Crippen molar-refractivity contribution in [2.45, 2.75) is 25.4 Å². The molecule has 1 aliphatic heterocycles. The summed E-state index contributed by atoms with van der Waals surface area (Å²) in [6.07, 6.45) is 2.38. The molecule has 1 aromatic rings. The van der Waals surface area contributed by atoms with Crippen LogP contribution in [0, 0.1) is 0 Å². The zero-order valence-electron chi connectivity index (χ0n) is 9.15. The Kier molecular flexibility index (Phi) is 2.48. The number of aryl methyl sites for hydroxylation is 1. The molecule has 1 N–H and O–H groups in total. The van der Waals surface area contributed by atoms with Gasteiger partial charge in [-0.05, 0) is 6.92 Å². The van der Waals surface area contributed by atoms with Gasteiger partial charge < -0.3 is 9.30 Å². The maximum atomic E-state index is 11.4. The van der Waals surface area contributed by atoms with Gasteiger partial charge in [0, 0.05) is 19.5 Å². The average molecular weight is 209 g/mol. The Morgan fingerprint density at radius 2 is 2.47 bits per heavy atom. The van der Waals surface area contributed by atoms with Crippen molar-refractivity contribution in [2.24, 2.45) is 7.05 Å². The fourth-order valence-electron chi connectivity index (χ4n) is 2.13. The molecule has 0 radical (unpaired) electrons. The fraction of sp³-hybridized carbons (Fsp3) is 0.600. The average Bonchev–Trinajstić information content (AvgIpc) is 2.59. The highest BCUT2D eigenvalue weighted by atomic mass is 16.5. The van der Waals surface area contributed by atoms with Gasteiger partial charge in [0.25, 0.3) is 0 Å². The lowest BCUT2D eigenvalue weighted by Crippen LogP contribution is -2.44. The molecule has 1 unspecified atom stereocenters. The fourth-order valence-corrected chi connectivity index (χ4v) is 2.13. The number of imidazole rings is 1. The number of aromatic nitrogens is 2. The third-order valence-corrected chi connectivity index (χ3v) is 2.81. The summed E-state index contributed by atoms with van der Waals surface area (Å²) in [6, 6.07) is -0.141. The quantitative estimate of drug-likeness (QED) is 0.670. The van der Waals surface area contributed by atoms with Crippen molar-refractivity contribution < 1.29 is 9.53 Å². The van der Waals surface area contributed by atoms with Crippen LogP contribution in [0.5, 0.6) is 0 Å². The molecule has 2 atom stereocenters. The Morgan fingerprint density at radius 1 is 1.73 bits per heavy atom. The Hall–Kier alpha value is -1.36. The summed E-state index contributed by atoms with van der Waals surface area (Å²) in [4.78, 5) is 15.7. The second-order valence-corrected chi connectivity index (χ2v) is 3.86. The van der Waals surface area contributed by atoms with Crippen LogP contribution in [0.2, 0.25) is 0 Å². The maximum absolute atomic E-state index is 11.4. The number of carbonyl (C=O) groups is 1. The Bertz CT molecular complexity index is 386. The topological polar surface area (TPSA) is 56.1 Å². The number of hydrogen-bond acceptors (Lipinski definition) is 4. The molecule has 0 spiro atoms. The number of fused-ring (bicyclic) bond motifs is 1. The van der Waals surface area contributed by atoms with Gasteiger partial charge in [0.1, 0.15) is 6.04 Å². The first kappa shape index (κ1) is 10.2. The lowest BCUT2D eigenvalue weighted by Gasteiger charge is -2.27. The molecule has 0 bridgehead atoms. The lowest BCUT2D eigenvalue weighted by atomic mass is 10.0. The predicted molar refractivity (Wildman–Crippen MR) is 54.3 cm³/mol. The molecule has 5 nitrogen and oxygen atoms in total. The van der Waals surface area contributed by atoms with Crippen molar-refractivity contribution in [3.05, 3.63) is 17.7 Å². The number of nitrogens with zero attached hydrogens (tertiary/aromatic N) is 2. The largest absolute Gasteiger partial charge is 0.468 e. The third-order valence-electron chi connectivity index (χ3n) is 2.81. The van der Waals surface area contributed by atoms with Crippen LogP contribution in [0.15, 0.2) is 6.33 Å². The first-order valence-corrected chi connectivity index (χ1v) is 4.97. The zero-order chi connectivity index (χ0) is 11.0. The molecule has 82 valence electrons. The van der Waals surface area contributed by atoms with Crippen molar-refractivity contribution in [1.82, 2.24) is 14.9 Å². The monoisotopic (exact) mass is 209 g/mol. The van der Waals surface area contributed by atoms with Crippen LogP contribution < -0.4 is 5.32 Å². The molecule has 2 heterocycles. The second-order valence-electron chi connectivity index (χ2n) is 3.86. The van der Waals surface area contributed by atoms with Crippen molar-refractivity contribution in [1.29, 1.82) is 0 Å². The number of hydrogen-bond donors (Lipinski definition) is 1. The van der Waals surface area contributed by atoms with Gasteiger partial charge in [0.05, 0.1) is 24.8 Å². The third kappa shape index (κ3) is 1.63. The SMILES string of the molecule is COC(=O)[C@H]1Cc2ncn(C)c2C(C)N1. The first-order chi connectivity index (χ1) is 7.13. The minimum absolute atomic E-state index is 0.130. The molecular formula is C10H15N3O2. The van der Waals surface area contributed by atoms with Gasteiger partial charge >= 0.3 is 5.97 Å². The number of nitrogens with one attached hydrogen (secondary N) is 1. The van der Waals surface area contributed by atoms with E-state index < -0.39 is 0 Å².